The normalized spacial score (nSPS) is 11.5. The van der Waals surface area contributed by atoms with Crippen LogP contribution in [0.3, 0.4) is 0 Å². The molecule has 0 saturated carbocycles. The molecule has 0 bridgehead atoms. The van der Waals surface area contributed by atoms with Crippen molar-refractivity contribution in [2.45, 2.75) is 26.2 Å². The summed E-state index contributed by atoms with van der Waals surface area (Å²) < 4.78 is 23.8. The number of hydrogen-bond donors (Lipinski definition) is 1. The maximum atomic E-state index is 11.9. The summed E-state index contributed by atoms with van der Waals surface area (Å²) in [6.45, 7) is 2.75. The quantitative estimate of drug-likeness (QED) is 0.640. The van der Waals surface area contributed by atoms with Crippen LogP contribution in [0.1, 0.15) is 19.8 Å². The van der Waals surface area contributed by atoms with Crippen LogP contribution in [0.2, 0.25) is 0 Å². The van der Waals surface area contributed by atoms with Crippen LogP contribution in [0.25, 0.3) is 0 Å². The van der Waals surface area contributed by atoms with E-state index in [2.05, 4.69) is 0 Å². The first-order valence-electron chi connectivity index (χ1n) is 4.32. The van der Waals surface area contributed by atoms with Crippen molar-refractivity contribution in [1.29, 1.82) is 0 Å². The van der Waals surface area contributed by atoms with Gasteiger partial charge in [0.15, 0.2) is 0 Å². The van der Waals surface area contributed by atoms with Gasteiger partial charge in [0.25, 0.3) is 6.43 Å². The highest BCUT2D eigenvalue weighted by molar-refractivity contribution is 4.57. The molecule has 0 rings (SSSR count). The Hall–Kier alpha value is -0.220. The average Bonchev–Trinajstić information content (AvgIpc) is 2.00. The molecule has 0 atom stereocenters. The summed E-state index contributed by atoms with van der Waals surface area (Å²) in [6.07, 6.45) is -0.397. The molecular weight excluding hydrogens is 164 g/mol. The summed E-state index contributed by atoms with van der Waals surface area (Å²) in [6, 6.07) is 0. The van der Waals surface area contributed by atoms with Crippen molar-refractivity contribution >= 4 is 0 Å². The average molecular weight is 181 g/mol. The van der Waals surface area contributed by atoms with Crippen LogP contribution in [0.5, 0.6) is 0 Å². The first kappa shape index (κ1) is 11.8. The number of unbranched alkanes of at least 4 members (excludes halogenated alkanes) is 1. The molecule has 0 amide bonds. The fraction of sp³-hybridized carbons (Fsp3) is 1.00. The van der Waals surface area contributed by atoms with E-state index >= 15 is 0 Å². The standard InChI is InChI=1S/C8H17F2NO/c1-2-3-4-11(5-6-12)7-8(9)10/h8,12H,2-7H2,1H3. The van der Waals surface area contributed by atoms with E-state index in [1.54, 1.807) is 4.90 Å². The molecule has 74 valence electrons. The minimum Gasteiger partial charge on any atom is -0.395 e. The first-order valence-corrected chi connectivity index (χ1v) is 4.32. The van der Waals surface area contributed by atoms with Gasteiger partial charge in [0.05, 0.1) is 13.2 Å². The highest BCUT2D eigenvalue weighted by atomic mass is 19.3. The zero-order valence-corrected chi connectivity index (χ0v) is 7.47. The van der Waals surface area contributed by atoms with Gasteiger partial charge in [-0.3, -0.25) is 4.90 Å². The van der Waals surface area contributed by atoms with Crippen LogP contribution in [-0.2, 0) is 0 Å². The third-order valence-electron chi connectivity index (χ3n) is 1.64. The van der Waals surface area contributed by atoms with Crippen LogP contribution in [0, 0.1) is 0 Å². The number of aliphatic hydroxyl groups is 1. The lowest BCUT2D eigenvalue weighted by atomic mass is 10.3. The predicted molar refractivity (Wildman–Crippen MR) is 44.4 cm³/mol. The van der Waals surface area contributed by atoms with Crippen molar-refractivity contribution in [3.8, 4) is 0 Å². The number of alkyl halides is 2. The summed E-state index contributed by atoms with van der Waals surface area (Å²) >= 11 is 0. The van der Waals surface area contributed by atoms with Gasteiger partial charge in [-0.1, -0.05) is 13.3 Å². The lowest BCUT2D eigenvalue weighted by Gasteiger charge is -2.19. The van der Waals surface area contributed by atoms with Gasteiger partial charge < -0.3 is 5.11 Å². The Morgan fingerprint density at radius 3 is 2.42 bits per heavy atom. The number of rotatable bonds is 7. The molecule has 0 aliphatic heterocycles. The molecule has 0 unspecified atom stereocenters. The Kier molecular flexibility index (Phi) is 7.29. The van der Waals surface area contributed by atoms with Crippen molar-refractivity contribution < 1.29 is 13.9 Å². The van der Waals surface area contributed by atoms with Gasteiger partial charge in [-0.15, -0.1) is 0 Å². The molecular formula is C8H17F2NO. The van der Waals surface area contributed by atoms with Crippen LogP contribution >= 0.6 is 0 Å². The van der Waals surface area contributed by atoms with E-state index in [4.69, 9.17) is 5.11 Å². The molecule has 0 radical (unpaired) electrons. The molecule has 0 aromatic rings. The van der Waals surface area contributed by atoms with Gasteiger partial charge in [-0.25, -0.2) is 8.78 Å². The Balaban J connectivity index is 3.54. The molecule has 12 heavy (non-hydrogen) atoms. The number of nitrogens with zero attached hydrogens (tertiary/aromatic N) is 1. The second kappa shape index (κ2) is 7.43. The Labute approximate surface area is 72.2 Å². The van der Waals surface area contributed by atoms with E-state index in [-0.39, 0.29) is 13.2 Å². The fourth-order valence-corrected chi connectivity index (χ4v) is 1.01. The number of hydrogen-bond acceptors (Lipinski definition) is 2. The second-order valence-corrected chi connectivity index (χ2v) is 2.77. The van der Waals surface area contributed by atoms with E-state index in [0.29, 0.717) is 13.1 Å². The fourth-order valence-electron chi connectivity index (χ4n) is 1.01. The van der Waals surface area contributed by atoms with Crippen molar-refractivity contribution in [2.24, 2.45) is 0 Å². The van der Waals surface area contributed by atoms with Crippen molar-refractivity contribution in [3.05, 3.63) is 0 Å². The summed E-state index contributed by atoms with van der Waals surface area (Å²) in [5, 5.41) is 8.56. The highest BCUT2D eigenvalue weighted by Crippen LogP contribution is 2.00. The van der Waals surface area contributed by atoms with Crippen molar-refractivity contribution in [1.82, 2.24) is 4.90 Å². The number of aliphatic hydroxyl groups excluding tert-OH is 1. The van der Waals surface area contributed by atoms with Crippen molar-refractivity contribution in [3.63, 3.8) is 0 Å². The Morgan fingerprint density at radius 1 is 1.33 bits per heavy atom. The van der Waals surface area contributed by atoms with E-state index in [1.165, 1.54) is 0 Å². The molecule has 0 spiro atoms. The summed E-state index contributed by atoms with van der Waals surface area (Å²) in [4.78, 5) is 1.59. The summed E-state index contributed by atoms with van der Waals surface area (Å²) in [5.74, 6) is 0. The smallest absolute Gasteiger partial charge is 0.251 e. The molecule has 0 aromatic carbocycles. The van der Waals surface area contributed by atoms with Crippen LogP contribution in [-0.4, -0.2) is 42.7 Å². The van der Waals surface area contributed by atoms with Gasteiger partial charge in [-0.2, -0.15) is 0 Å². The largest absolute Gasteiger partial charge is 0.395 e. The first-order chi connectivity index (χ1) is 5.70. The molecule has 4 heteroatoms. The molecule has 0 heterocycles. The minimum atomic E-state index is -2.30. The zero-order valence-electron chi connectivity index (χ0n) is 7.47. The highest BCUT2D eigenvalue weighted by Gasteiger charge is 2.10. The summed E-state index contributed by atoms with van der Waals surface area (Å²) in [7, 11) is 0. The SMILES string of the molecule is CCCCN(CCO)CC(F)F. The van der Waals surface area contributed by atoms with Gasteiger partial charge in [0.2, 0.25) is 0 Å². The topological polar surface area (TPSA) is 23.5 Å². The Bertz CT molecular complexity index is 101. The lowest BCUT2D eigenvalue weighted by molar-refractivity contribution is 0.0777. The van der Waals surface area contributed by atoms with E-state index in [0.717, 1.165) is 12.8 Å². The van der Waals surface area contributed by atoms with Gasteiger partial charge >= 0.3 is 0 Å². The van der Waals surface area contributed by atoms with E-state index in [1.807, 2.05) is 6.92 Å². The Morgan fingerprint density at radius 2 is 2.00 bits per heavy atom. The minimum absolute atomic E-state index is 0.0452. The molecule has 0 fully saturated rings. The number of halogens is 2. The molecule has 0 saturated heterocycles. The van der Waals surface area contributed by atoms with Gasteiger partial charge in [-0.05, 0) is 13.0 Å². The predicted octanol–water partition coefficient (Wildman–Crippen LogP) is 1.35. The third-order valence-corrected chi connectivity index (χ3v) is 1.64. The van der Waals surface area contributed by atoms with Crippen LogP contribution in [0.4, 0.5) is 8.78 Å². The molecule has 0 aliphatic carbocycles. The molecule has 0 aliphatic rings. The van der Waals surface area contributed by atoms with Crippen LogP contribution in [0.15, 0.2) is 0 Å². The third kappa shape index (κ3) is 6.49. The van der Waals surface area contributed by atoms with Gasteiger partial charge in [0.1, 0.15) is 0 Å². The maximum Gasteiger partial charge on any atom is 0.251 e. The monoisotopic (exact) mass is 181 g/mol. The van der Waals surface area contributed by atoms with Crippen LogP contribution < -0.4 is 0 Å². The summed E-state index contributed by atoms with van der Waals surface area (Å²) in [5.41, 5.74) is 0. The molecule has 1 N–H and O–H groups in total. The van der Waals surface area contributed by atoms with E-state index in [9.17, 15) is 8.78 Å². The van der Waals surface area contributed by atoms with E-state index < -0.39 is 6.43 Å². The van der Waals surface area contributed by atoms with Gasteiger partial charge in [0, 0.05) is 6.54 Å². The molecule has 2 nitrogen and oxygen atoms in total. The zero-order chi connectivity index (χ0) is 9.40. The maximum absolute atomic E-state index is 11.9. The molecule has 0 aromatic heterocycles. The second-order valence-electron chi connectivity index (χ2n) is 2.77. The lowest BCUT2D eigenvalue weighted by Crippen LogP contribution is -2.32. The van der Waals surface area contributed by atoms with Crippen molar-refractivity contribution in [2.75, 3.05) is 26.2 Å².